The number of primary amides is 1. The average molecular weight is 194 g/mol. The molecule has 0 fully saturated rings. The van der Waals surface area contributed by atoms with Crippen molar-refractivity contribution in [2.45, 2.75) is 6.54 Å². The molecular formula is C9H9FN3O+. The lowest BCUT2D eigenvalue weighted by Gasteiger charge is -2.10. The van der Waals surface area contributed by atoms with Crippen LogP contribution >= 0.6 is 0 Å². The van der Waals surface area contributed by atoms with Gasteiger partial charge in [0.25, 0.3) is 0 Å². The summed E-state index contributed by atoms with van der Waals surface area (Å²) in [4.78, 5) is 13.5. The molecule has 0 spiro atoms. The summed E-state index contributed by atoms with van der Waals surface area (Å²) in [6.07, 6.45) is 0. The summed E-state index contributed by atoms with van der Waals surface area (Å²) in [7, 11) is 0. The van der Waals surface area contributed by atoms with Gasteiger partial charge in [-0.1, -0.05) is 6.07 Å². The Balaban J connectivity index is 2.39. The van der Waals surface area contributed by atoms with Crippen molar-refractivity contribution in [3.8, 4) is 0 Å². The average Bonchev–Trinajstić information content (AvgIpc) is 2.17. The van der Waals surface area contributed by atoms with Crippen LogP contribution in [0.25, 0.3) is 0 Å². The fourth-order valence-electron chi connectivity index (χ4n) is 1.36. The molecule has 5 heteroatoms. The molecule has 0 unspecified atom stereocenters. The van der Waals surface area contributed by atoms with Gasteiger partial charge in [-0.3, -0.25) is 9.79 Å². The highest BCUT2D eigenvalue weighted by Gasteiger charge is 2.23. The number of halogens is 1. The second-order valence-corrected chi connectivity index (χ2v) is 2.98. The Morgan fingerprint density at radius 3 is 3.07 bits per heavy atom. The molecule has 1 amide bonds. The molecule has 0 saturated heterocycles. The number of rotatable bonds is 1. The number of amides is 1. The van der Waals surface area contributed by atoms with Crippen molar-refractivity contribution in [1.29, 1.82) is 0 Å². The zero-order valence-electron chi connectivity index (χ0n) is 7.30. The lowest BCUT2D eigenvalue weighted by atomic mass is 10.1. The molecule has 0 saturated carbocycles. The fourth-order valence-corrected chi connectivity index (χ4v) is 1.36. The van der Waals surface area contributed by atoms with Gasteiger partial charge in [0.15, 0.2) is 0 Å². The van der Waals surface area contributed by atoms with Crippen molar-refractivity contribution >= 4 is 17.4 Å². The van der Waals surface area contributed by atoms with E-state index in [1.807, 2.05) is 0 Å². The summed E-state index contributed by atoms with van der Waals surface area (Å²) >= 11 is 0. The number of benzene rings is 1. The number of anilines is 1. The summed E-state index contributed by atoms with van der Waals surface area (Å²) in [5, 5.41) is 2.73. The van der Waals surface area contributed by atoms with Gasteiger partial charge in [0.2, 0.25) is 0 Å². The lowest BCUT2D eigenvalue weighted by molar-refractivity contribution is -0.475. The first-order chi connectivity index (χ1) is 6.68. The molecule has 1 aromatic rings. The molecule has 72 valence electrons. The lowest BCUT2D eigenvalue weighted by Crippen LogP contribution is -2.77. The van der Waals surface area contributed by atoms with Crippen LogP contribution in [0, 0.1) is 5.82 Å². The highest BCUT2D eigenvalue weighted by Crippen LogP contribution is 2.18. The Kier molecular flexibility index (Phi) is 1.92. The second-order valence-electron chi connectivity index (χ2n) is 2.98. The van der Waals surface area contributed by atoms with Gasteiger partial charge in [-0.05, 0) is 12.1 Å². The zero-order valence-corrected chi connectivity index (χ0v) is 7.30. The van der Waals surface area contributed by atoms with Crippen molar-refractivity contribution in [3.05, 3.63) is 29.6 Å². The summed E-state index contributed by atoms with van der Waals surface area (Å²) in [6, 6.07) is 4.64. The van der Waals surface area contributed by atoms with Crippen LogP contribution in [-0.4, -0.2) is 11.7 Å². The minimum atomic E-state index is -0.583. The van der Waals surface area contributed by atoms with Gasteiger partial charge < -0.3 is 5.73 Å². The Labute approximate surface area is 79.6 Å². The van der Waals surface area contributed by atoms with Gasteiger partial charge >= 0.3 is 11.7 Å². The molecule has 4 nitrogen and oxygen atoms in total. The van der Waals surface area contributed by atoms with Crippen molar-refractivity contribution in [2.75, 3.05) is 5.32 Å². The van der Waals surface area contributed by atoms with E-state index in [1.54, 1.807) is 12.1 Å². The first-order valence-electron chi connectivity index (χ1n) is 4.13. The molecule has 1 heterocycles. The summed E-state index contributed by atoms with van der Waals surface area (Å²) in [5.74, 6) is -0.686. The molecule has 0 aromatic heterocycles. The monoisotopic (exact) mass is 194 g/mol. The Morgan fingerprint density at radius 2 is 2.36 bits per heavy atom. The van der Waals surface area contributed by atoms with E-state index in [4.69, 9.17) is 5.73 Å². The zero-order chi connectivity index (χ0) is 10.1. The van der Waals surface area contributed by atoms with Crippen LogP contribution in [0.3, 0.4) is 0 Å². The van der Waals surface area contributed by atoms with Gasteiger partial charge in [-0.2, -0.15) is 0 Å². The Bertz CT molecular complexity index is 428. The predicted molar refractivity (Wildman–Crippen MR) is 48.9 cm³/mol. The van der Waals surface area contributed by atoms with Crippen LogP contribution in [0.2, 0.25) is 0 Å². The smallest absolute Gasteiger partial charge is 0.339 e. The highest BCUT2D eigenvalue weighted by molar-refractivity contribution is 6.39. The summed E-state index contributed by atoms with van der Waals surface area (Å²) < 4.78 is 13.2. The van der Waals surface area contributed by atoms with Crippen molar-refractivity contribution in [3.63, 3.8) is 0 Å². The number of amidine groups is 1. The van der Waals surface area contributed by atoms with E-state index in [-0.39, 0.29) is 18.2 Å². The van der Waals surface area contributed by atoms with E-state index in [1.165, 1.54) is 6.07 Å². The van der Waals surface area contributed by atoms with Gasteiger partial charge in [0.1, 0.15) is 18.0 Å². The van der Waals surface area contributed by atoms with Crippen LogP contribution in [0.15, 0.2) is 18.2 Å². The van der Waals surface area contributed by atoms with Crippen LogP contribution in [0.4, 0.5) is 10.1 Å². The molecule has 1 aromatic carbocycles. The number of hydrogen-bond acceptors (Lipinski definition) is 2. The molecule has 2 rings (SSSR count). The van der Waals surface area contributed by atoms with E-state index in [2.05, 4.69) is 10.3 Å². The number of hydrogen-bond donors (Lipinski definition) is 3. The van der Waals surface area contributed by atoms with Crippen LogP contribution in [0.5, 0.6) is 0 Å². The highest BCUT2D eigenvalue weighted by atomic mass is 19.1. The fraction of sp³-hybridized carbons (Fsp3) is 0.111. The molecule has 4 N–H and O–H groups in total. The topological polar surface area (TPSA) is 69.1 Å². The quantitative estimate of drug-likeness (QED) is 0.521. The first kappa shape index (κ1) is 8.68. The second kappa shape index (κ2) is 3.10. The summed E-state index contributed by atoms with van der Waals surface area (Å²) in [6.45, 7) is 0.271. The van der Waals surface area contributed by atoms with E-state index in [0.717, 1.165) is 0 Å². The van der Waals surface area contributed by atoms with Gasteiger partial charge in [-0.25, -0.2) is 9.71 Å². The van der Waals surface area contributed by atoms with Crippen molar-refractivity contribution in [1.82, 2.24) is 0 Å². The molecule has 0 bridgehead atoms. The minimum Gasteiger partial charge on any atom is -0.359 e. The van der Waals surface area contributed by atoms with Crippen molar-refractivity contribution < 1.29 is 14.2 Å². The van der Waals surface area contributed by atoms with Gasteiger partial charge in [0.05, 0.1) is 5.56 Å². The third-order valence-electron chi connectivity index (χ3n) is 2.07. The molecule has 1 aliphatic rings. The van der Waals surface area contributed by atoms with E-state index in [0.29, 0.717) is 11.3 Å². The SMILES string of the molecule is NC(=O)C1=[NH+]Cc2c(F)cccc2N1. The molecule has 14 heavy (non-hydrogen) atoms. The normalized spacial score (nSPS) is 13.9. The third kappa shape index (κ3) is 1.32. The maximum atomic E-state index is 13.2. The number of fused-ring (bicyclic) bond motifs is 1. The number of carbonyl (C=O) groups excluding carboxylic acids is 1. The third-order valence-corrected chi connectivity index (χ3v) is 2.07. The van der Waals surface area contributed by atoms with E-state index >= 15 is 0 Å². The maximum Gasteiger partial charge on any atom is 0.339 e. The van der Waals surface area contributed by atoms with Crippen LogP contribution in [-0.2, 0) is 11.3 Å². The molecule has 1 aliphatic heterocycles. The minimum absolute atomic E-state index is 0.197. The molecular weight excluding hydrogens is 185 g/mol. The molecule has 0 radical (unpaired) electrons. The number of nitrogens with one attached hydrogen (secondary N) is 2. The van der Waals surface area contributed by atoms with Crippen LogP contribution < -0.4 is 16.0 Å². The maximum absolute atomic E-state index is 13.2. The van der Waals surface area contributed by atoms with E-state index in [9.17, 15) is 9.18 Å². The molecule has 0 atom stereocenters. The first-order valence-corrected chi connectivity index (χ1v) is 4.13. The predicted octanol–water partition coefficient (Wildman–Crippen LogP) is -1.28. The Hall–Kier alpha value is -1.91. The van der Waals surface area contributed by atoms with E-state index < -0.39 is 5.91 Å². The van der Waals surface area contributed by atoms with Crippen molar-refractivity contribution in [2.24, 2.45) is 5.73 Å². The molecule has 0 aliphatic carbocycles. The Morgan fingerprint density at radius 1 is 1.57 bits per heavy atom. The summed E-state index contributed by atoms with van der Waals surface area (Å²) in [5.41, 5.74) is 6.16. The number of carbonyl (C=O) groups is 1. The van der Waals surface area contributed by atoms with Gasteiger partial charge in [0, 0.05) is 0 Å². The van der Waals surface area contributed by atoms with Crippen LogP contribution in [0.1, 0.15) is 5.56 Å². The van der Waals surface area contributed by atoms with Gasteiger partial charge in [-0.15, -0.1) is 0 Å². The standard InChI is InChI=1S/C9H8FN3O/c10-6-2-1-3-7-5(6)4-12-9(13-7)8(11)14/h1-3H,4H2,(H2,11,14)(H,12,13)/p+1. The largest absolute Gasteiger partial charge is 0.359 e. The number of nitrogens with two attached hydrogens (primary N) is 1.